The van der Waals surface area contributed by atoms with Crippen LogP contribution in [0.2, 0.25) is 0 Å². The number of aromatic nitrogens is 2. The van der Waals surface area contributed by atoms with Gasteiger partial charge in [-0.3, -0.25) is 9.97 Å². The fourth-order valence-electron chi connectivity index (χ4n) is 1.38. The van der Waals surface area contributed by atoms with Gasteiger partial charge in [0.25, 0.3) is 0 Å². The lowest BCUT2D eigenvalue weighted by molar-refractivity contribution is -0.110. The number of nitrogens with zero attached hydrogens (tertiary/aromatic N) is 3. The van der Waals surface area contributed by atoms with Gasteiger partial charge < -0.3 is 4.84 Å². The smallest absolute Gasteiger partial charge is 0.357 e. The molecule has 2 rings (SSSR count). The van der Waals surface area contributed by atoms with E-state index in [0.29, 0.717) is 11.1 Å². The quantitative estimate of drug-likeness (QED) is 0.774. The van der Waals surface area contributed by atoms with Crippen LogP contribution < -0.4 is 0 Å². The van der Waals surface area contributed by atoms with Crippen LogP contribution >= 0.6 is 0 Å². The second-order valence-electron chi connectivity index (χ2n) is 4.28. The Labute approximate surface area is 105 Å². The zero-order valence-electron chi connectivity index (χ0n) is 10.6. The first-order chi connectivity index (χ1) is 8.58. The van der Waals surface area contributed by atoms with Crippen molar-refractivity contribution >= 4 is 17.0 Å². The number of rotatable bonds is 3. The third-order valence-electron chi connectivity index (χ3n) is 2.66. The summed E-state index contributed by atoms with van der Waals surface area (Å²) in [5.41, 5.74) is 1.90. The SMILES string of the molecule is CC(C)N(C)OC(=O)c1ccc2nccnc2c1. The standard InChI is InChI=1S/C13H15N3O2/c1-9(2)16(3)18-13(17)10-4-5-11-12(8-10)15-7-6-14-11/h4-9H,1-3H3. The van der Waals surface area contributed by atoms with Crippen LogP contribution in [0.4, 0.5) is 0 Å². The van der Waals surface area contributed by atoms with Crippen molar-refractivity contribution in [2.45, 2.75) is 19.9 Å². The molecule has 0 radical (unpaired) electrons. The predicted molar refractivity (Wildman–Crippen MR) is 67.9 cm³/mol. The molecule has 0 aliphatic carbocycles. The van der Waals surface area contributed by atoms with E-state index in [4.69, 9.17) is 4.84 Å². The van der Waals surface area contributed by atoms with E-state index in [0.717, 1.165) is 5.52 Å². The van der Waals surface area contributed by atoms with Gasteiger partial charge in [-0.05, 0) is 32.0 Å². The Bertz CT molecular complexity index is 569. The molecular weight excluding hydrogens is 230 g/mol. The summed E-state index contributed by atoms with van der Waals surface area (Å²) in [4.78, 5) is 25.4. The van der Waals surface area contributed by atoms with Crippen molar-refractivity contribution in [2.24, 2.45) is 0 Å². The maximum Gasteiger partial charge on any atom is 0.357 e. The molecule has 94 valence electrons. The number of fused-ring (bicyclic) bond motifs is 1. The molecule has 1 aromatic heterocycles. The fourth-order valence-corrected chi connectivity index (χ4v) is 1.38. The van der Waals surface area contributed by atoms with Crippen molar-refractivity contribution in [2.75, 3.05) is 7.05 Å². The molecule has 5 heteroatoms. The van der Waals surface area contributed by atoms with E-state index >= 15 is 0 Å². The second kappa shape index (κ2) is 5.10. The number of benzene rings is 1. The maximum atomic E-state index is 11.9. The maximum absolute atomic E-state index is 11.9. The first-order valence-corrected chi connectivity index (χ1v) is 5.74. The van der Waals surface area contributed by atoms with Gasteiger partial charge in [0.05, 0.1) is 16.6 Å². The summed E-state index contributed by atoms with van der Waals surface area (Å²) in [5.74, 6) is -0.390. The first-order valence-electron chi connectivity index (χ1n) is 5.74. The van der Waals surface area contributed by atoms with Gasteiger partial charge in [0.1, 0.15) is 0 Å². The molecule has 2 aromatic rings. The Morgan fingerprint density at radius 3 is 2.56 bits per heavy atom. The Hall–Kier alpha value is -2.01. The molecule has 0 bridgehead atoms. The summed E-state index contributed by atoms with van der Waals surface area (Å²) >= 11 is 0. The van der Waals surface area contributed by atoms with Crippen LogP contribution in [-0.2, 0) is 4.84 Å². The lowest BCUT2D eigenvalue weighted by Crippen LogP contribution is -2.29. The summed E-state index contributed by atoms with van der Waals surface area (Å²) in [6, 6.07) is 5.26. The van der Waals surface area contributed by atoms with E-state index in [1.165, 1.54) is 5.06 Å². The predicted octanol–water partition coefficient (Wildman–Crippen LogP) is 2.04. The largest absolute Gasteiger partial charge is 0.364 e. The highest BCUT2D eigenvalue weighted by molar-refractivity contribution is 5.93. The molecule has 0 unspecified atom stereocenters. The monoisotopic (exact) mass is 245 g/mol. The van der Waals surface area contributed by atoms with Crippen LogP contribution in [-0.4, -0.2) is 34.1 Å². The molecule has 18 heavy (non-hydrogen) atoms. The lowest BCUT2D eigenvalue weighted by Gasteiger charge is -2.19. The molecular formula is C13H15N3O2. The molecule has 0 saturated carbocycles. The van der Waals surface area contributed by atoms with Gasteiger partial charge >= 0.3 is 5.97 Å². The summed E-state index contributed by atoms with van der Waals surface area (Å²) in [6.07, 6.45) is 3.21. The first kappa shape index (κ1) is 12.4. The molecule has 0 amide bonds. The van der Waals surface area contributed by atoms with E-state index < -0.39 is 5.97 Å². The Morgan fingerprint density at radius 2 is 1.89 bits per heavy atom. The normalized spacial score (nSPS) is 11.2. The highest BCUT2D eigenvalue weighted by Crippen LogP contribution is 2.12. The number of hydrogen-bond donors (Lipinski definition) is 0. The van der Waals surface area contributed by atoms with E-state index in [1.807, 2.05) is 13.8 Å². The average molecular weight is 245 g/mol. The van der Waals surface area contributed by atoms with Gasteiger partial charge in [-0.2, -0.15) is 0 Å². The Kier molecular flexibility index (Phi) is 3.53. The zero-order chi connectivity index (χ0) is 13.1. The summed E-state index contributed by atoms with van der Waals surface area (Å²) < 4.78 is 0. The number of hydroxylamine groups is 2. The fraction of sp³-hybridized carbons (Fsp3) is 0.308. The van der Waals surface area contributed by atoms with E-state index in [-0.39, 0.29) is 6.04 Å². The summed E-state index contributed by atoms with van der Waals surface area (Å²) in [7, 11) is 1.73. The Balaban J connectivity index is 2.23. The minimum absolute atomic E-state index is 0.134. The van der Waals surface area contributed by atoms with Crippen molar-refractivity contribution < 1.29 is 9.63 Å². The van der Waals surface area contributed by atoms with E-state index in [9.17, 15) is 4.79 Å². The summed E-state index contributed by atoms with van der Waals surface area (Å²) in [6.45, 7) is 3.89. The van der Waals surface area contributed by atoms with Gasteiger partial charge in [-0.1, -0.05) is 0 Å². The minimum atomic E-state index is -0.390. The molecule has 0 atom stereocenters. The second-order valence-corrected chi connectivity index (χ2v) is 4.28. The number of hydrogen-bond acceptors (Lipinski definition) is 5. The van der Waals surface area contributed by atoms with Crippen LogP contribution in [0.15, 0.2) is 30.6 Å². The van der Waals surface area contributed by atoms with Crippen LogP contribution in [0.5, 0.6) is 0 Å². The Morgan fingerprint density at radius 1 is 1.22 bits per heavy atom. The van der Waals surface area contributed by atoms with Gasteiger partial charge in [0.2, 0.25) is 0 Å². The molecule has 0 saturated heterocycles. The molecule has 1 heterocycles. The third-order valence-corrected chi connectivity index (χ3v) is 2.66. The van der Waals surface area contributed by atoms with Crippen LogP contribution in [0, 0.1) is 0 Å². The average Bonchev–Trinajstić information content (AvgIpc) is 2.37. The zero-order valence-corrected chi connectivity index (χ0v) is 10.6. The molecule has 1 aromatic carbocycles. The summed E-state index contributed by atoms with van der Waals surface area (Å²) in [5, 5.41) is 1.52. The van der Waals surface area contributed by atoms with Crippen LogP contribution in [0.25, 0.3) is 11.0 Å². The van der Waals surface area contributed by atoms with Crippen LogP contribution in [0.1, 0.15) is 24.2 Å². The minimum Gasteiger partial charge on any atom is -0.364 e. The topological polar surface area (TPSA) is 55.3 Å². The third kappa shape index (κ3) is 2.62. The van der Waals surface area contributed by atoms with Gasteiger partial charge in [0, 0.05) is 25.5 Å². The highest BCUT2D eigenvalue weighted by Gasteiger charge is 2.13. The van der Waals surface area contributed by atoms with Gasteiger partial charge in [-0.25, -0.2) is 4.79 Å². The van der Waals surface area contributed by atoms with Crippen LogP contribution in [0.3, 0.4) is 0 Å². The number of carbonyl (C=O) groups excluding carboxylic acids is 1. The molecule has 5 nitrogen and oxygen atoms in total. The van der Waals surface area contributed by atoms with Gasteiger partial charge in [0.15, 0.2) is 0 Å². The molecule has 0 aliphatic heterocycles. The number of carbonyl (C=O) groups is 1. The molecule has 0 fully saturated rings. The van der Waals surface area contributed by atoms with Crippen molar-refractivity contribution in [3.05, 3.63) is 36.2 Å². The highest BCUT2D eigenvalue weighted by atomic mass is 16.7. The molecule has 0 N–H and O–H groups in total. The lowest BCUT2D eigenvalue weighted by atomic mass is 10.2. The van der Waals surface area contributed by atoms with Gasteiger partial charge in [-0.15, -0.1) is 5.06 Å². The van der Waals surface area contributed by atoms with Crippen molar-refractivity contribution in [1.82, 2.24) is 15.0 Å². The molecule has 0 aliphatic rings. The molecule has 0 spiro atoms. The van der Waals surface area contributed by atoms with Crippen molar-refractivity contribution in [3.63, 3.8) is 0 Å². The van der Waals surface area contributed by atoms with E-state index in [2.05, 4.69) is 9.97 Å². The van der Waals surface area contributed by atoms with Crippen molar-refractivity contribution in [1.29, 1.82) is 0 Å². The van der Waals surface area contributed by atoms with Crippen molar-refractivity contribution in [3.8, 4) is 0 Å². The van der Waals surface area contributed by atoms with E-state index in [1.54, 1.807) is 37.6 Å².